The van der Waals surface area contributed by atoms with E-state index < -0.39 is 17.6 Å². The topological polar surface area (TPSA) is 68.5 Å². The van der Waals surface area contributed by atoms with Crippen LogP contribution in [0.4, 0.5) is 13.2 Å². The van der Waals surface area contributed by atoms with Crippen LogP contribution in [-0.2, 0) is 10.9 Å². The molecule has 1 aromatic heterocycles. The minimum Gasteiger partial charge on any atom is -0.379 e. The van der Waals surface area contributed by atoms with Crippen LogP contribution in [-0.4, -0.2) is 47.3 Å². The summed E-state index contributed by atoms with van der Waals surface area (Å²) < 4.78 is 49.1. The molecule has 0 aliphatic carbocycles. The largest absolute Gasteiger partial charge is 0.416 e. The lowest BCUT2D eigenvalue weighted by Crippen LogP contribution is -2.37. The Hall–Kier alpha value is -2.42. The van der Waals surface area contributed by atoms with Crippen molar-refractivity contribution in [2.75, 3.05) is 26.3 Å². The lowest BCUT2D eigenvalue weighted by atomic mass is 9.96. The second-order valence-electron chi connectivity index (χ2n) is 6.83. The quantitative estimate of drug-likeness (QED) is 0.812. The van der Waals surface area contributed by atoms with Crippen LogP contribution < -0.4 is 0 Å². The Labute approximate surface area is 154 Å². The second-order valence-corrected chi connectivity index (χ2v) is 6.83. The van der Waals surface area contributed by atoms with Gasteiger partial charge in [-0.05, 0) is 18.1 Å². The van der Waals surface area contributed by atoms with Crippen LogP contribution in [0.1, 0.15) is 30.1 Å². The fourth-order valence-electron chi connectivity index (χ4n) is 2.82. The summed E-state index contributed by atoms with van der Waals surface area (Å²) in [6.07, 6.45) is -4.48. The van der Waals surface area contributed by atoms with Gasteiger partial charge in [-0.1, -0.05) is 31.1 Å². The minimum absolute atomic E-state index is 0.0593. The molecule has 9 heteroatoms. The van der Waals surface area contributed by atoms with E-state index in [1.165, 1.54) is 12.1 Å². The average Bonchev–Trinajstić information content (AvgIpc) is 2.98. The SMILES string of the molecule is CC(C)C1COCCN(C(=O)c2nc(-c3cccc(C(F)(F)F)c3)no2)C1. The lowest BCUT2D eigenvalue weighted by Gasteiger charge is -2.24. The molecule has 0 radical (unpaired) electrons. The maximum absolute atomic E-state index is 12.9. The van der Waals surface area contributed by atoms with Gasteiger partial charge in [0.25, 0.3) is 0 Å². The molecule has 2 aromatic rings. The Morgan fingerprint density at radius 3 is 2.81 bits per heavy atom. The van der Waals surface area contributed by atoms with Crippen LogP contribution in [0.15, 0.2) is 28.8 Å². The molecule has 1 atom stereocenters. The van der Waals surface area contributed by atoms with Crippen LogP contribution in [0.3, 0.4) is 0 Å². The Bertz CT molecular complexity index is 804. The molecular formula is C18H20F3N3O3. The summed E-state index contributed by atoms with van der Waals surface area (Å²) in [5.74, 6) is -0.233. The molecule has 0 N–H and O–H groups in total. The third-order valence-corrected chi connectivity index (χ3v) is 4.58. The van der Waals surface area contributed by atoms with Gasteiger partial charge >= 0.3 is 18.0 Å². The molecule has 1 amide bonds. The van der Waals surface area contributed by atoms with E-state index >= 15 is 0 Å². The summed E-state index contributed by atoms with van der Waals surface area (Å²) in [5, 5.41) is 3.67. The first-order chi connectivity index (χ1) is 12.8. The number of nitrogens with zero attached hydrogens (tertiary/aromatic N) is 3. The number of halogens is 3. The van der Waals surface area contributed by atoms with Crippen molar-refractivity contribution >= 4 is 5.91 Å². The smallest absolute Gasteiger partial charge is 0.379 e. The molecule has 3 rings (SSSR count). The monoisotopic (exact) mass is 383 g/mol. The number of hydrogen-bond acceptors (Lipinski definition) is 5. The molecule has 6 nitrogen and oxygen atoms in total. The van der Waals surface area contributed by atoms with E-state index in [0.29, 0.717) is 32.2 Å². The molecule has 0 saturated carbocycles. The number of hydrogen-bond donors (Lipinski definition) is 0. The molecular weight excluding hydrogens is 363 g/mol. The van der Waals surface area contributed by atoms with Crippen molar-refractivity contribution in [1.82, 2.24) is 15.0 Å². The Balaban J connectivity index is 1.80. The van der Waals surface area contributed by atoms with Gasteiger partial charge in [0.05, 0.1) is 18.8 Å². The van der Waals surface area contributed by atoms with Crippen molar-refractivity contribution < 1.29 is 27.2 Å². The first kappa shape index (κ1) is 19.3. The van der Waals surface area contributed by atoms with Gasteiger partial charge in [0, 0.05) is 24.6 Å². The fourth-order valence-corrected chi connectivity index (χ4v) is 2.82. The van der Waals surface area contributed by atoms with E-state index in [1.807, 2.05) is 0 Å². The summed E-state index contributed by atoms with van der Waals surface area (Å²) in [6.45, 7) is 5.98. The lowest BCUT2D eigenvalue weighted by molar-refractivity contribution is -0.137. The van der Waals surface area contributed by atoms with Crippen LogP contribution >= 0.6 is 0 Å². The van der Waals surface area contributed by atoms with Gasteiger partial charge in [-0.25, -0.2) is 0 Å². The molecule has 0 spiro atoms. The van der Waals surface area contributed by atoms with Crippen molar-refractivity contribution in [3.05, 3.63) is 35.7 Å². The van der Waals surface area contributed by atoms with Crippen LogP contribution in [0.25, 0.3) is 11.4 Å². The zero-order valence-electron chi connectivity index (χ0n) is 15.0. The van der Waals surface area contributed by atoms with E-state index in [1.54, 1.807) is 4.90 Å². The average molecular weight is 383 g/mol. The molecule has 1 aromatic carbocycles. The first-order valence-electron chi connectivity index (χ1n) is 8.64. The summed E-state index contributed by atoms with van der Waals surface area (Å²) >= 11 is 0. The van der Waals surface area contributed by atoms with Crippen molar-refractivity contribution in [3.8, 4) is 11.4 Å². The molecule has 1 saturated heterocycles. The zero-order chi connectivity index (χ0) is 19.6. The predicted molar refractivity (Wildman–Crippen MR) is 89.8 cm³/mol. The molecule has 1 fully saturated rings. The third-order valence-electron chi connectivity index (χ3n) is 4.58. The van der Waals surface area contributed by atoms with Gasteiger partial charge in [-0.15, -0.1) is 0 Å². The van der Waals surface area contributed by atoms with Crippen molar-refractivity contribution in [2.24, 2.45) is 11.8 Å². The van der Waals surface area contributed by atoms with E-state index in [2.05, 4.69) is 24.0 Å². The van der Waals surface area contributed by atoms with E-state index in [4.69, 9.17) is 9.26 Å². The number of ether oxygens (including phenoxy) is 1. The normalized spacial score (nSPS) is 18.6. The predicted octanol–water partition coefficient (Wildman–Crippen LogP) is 3.50. The minimum atomic E-state index is -4.48. The molecule has 0 bridgehead atoms. The first-order valence-corrected chi connectivity index (χ1v) is 8.64. The highest BCUT2D eigenvalue weighted by atomic mass is 19.4. The third kappa shape index (κ3) is 4.47. The maximum atomic E-state index is 12.9. The molecule has 2 heterocycles. The van der Waals surface area contributed by atoms with Crippen LogP contribution in [0.5, 0.6) is 0 Å². The van der Waals surface area contributed by atoms with Gasteiger partial charge in [0.1, 0.15) is 0 Å². The van der Waals surface area contributed by atoms with Gasteiger partial charge in [0.2, 0.25) is 5.82 Å². The Kier molecular flexibility index (Phi) is 5.50. The summed E-state index contributed by atoms with van der Waals surface area (Å²) in [4.78, 5) is 18.3. The molecule has 27 heavy (non-hydrogen) atoms. The number of aromatic nitrogens is 2. The summed E-state index contributed by atoms with van der Waals surface area (Å²) in [5.41, 5.74) is -0.686. The second kappa shape index (κ2) is 7.67. The Morgan fingerprint density at radius 2 is 2.11 bits per heavy atom. The standard InChI is InChI=1S/C18H20F3N3O3/c1-11(2)13-9-24(6-7-26-10-13)17(25)16-22-15(23-27-16)12-4-3-5-14(8-12)18(19,20)21/h3-5,8,11,13H,6-7,9-10H2,1-2H3. The molecule has 1 unspecified atom stereocenters. The highest BCUT2D eigenvalue weighted by molar-refractivity contribution is 5.90. The number of rotatable bonds is 3. The number of carbonyl (C=O) groups is 1. The highest BCUT2D eigenvalue weighted by Gasteiger charge is 2.31. The van der Waals surface area contributed by atoms with E-state index in [9.17, 15) is 18.0 Å². The highest BCUT2D eigenvalue weighted by Crippen LogP contribution is 2.31. The van der Waals surface area contributed by atoms with E-state index in [0.717, 1.165) is 12.1 Å². The fraction of sp³-hybridized carbons (Fsp3) is 0.500. The molecule has 146 valence electrons. The number of amides is 1. The maximum Gasteiger partial charge on any atom is 0.416 e. The summed E-state index contributed by atoms with van der Waals surface area (Å²) in [7, 11) is 0. The zero-order valence-corrected chi connectivity index (χ0v) is 15.0. The molecule has 1 aliphatic rings. The Morgan fingerprint density at radius 1 is 1.33 bits per heavy atom. The van der Waals surface area contributed by atoms with Gasteiger partial charge in [0.15, 0.2) is 0 Å². The van der Waals surface area contributed by atoms with Crippen molar-refractivity contribution in [1.29, 1.82) is 0 Å². The van der Waals surface area contributed by atoms with Gasteiger partial charge in [-0.3, -0.25) is 4.79 Å². The molecule has 1 aliphatic heterocycles. The number of benzene rings is 1. The summed E-state index contributed by atoms with van der Waals surface area (Å²) in [6, 6.07) is 4.57. The van der Waals surface area contributed by atoms with Crippen molar-refractivity contribution in [3.63, 3.8) is 0 Å². The van der Waals surface area contributed by atoms with Crippen molar-refractivity contribution in [2.45, 2.75) is 20.0 Å². The number of alkyl halides is 3. The van der Waals surface area contributed by atoms with E-state index in [-0.39, 0.29) is 23.2 Å². The van der Waals surface area contributed by atoms with Gasteiger partial charge < -0.3 is 14.2 Å². The van der Waals surface area contributed by atoms with Gasteiger partial charge in [-0.2, -0.15) is 18.2 Å². The number of carbonyl (C=O) groups excluding carboxylic acids is 1. The van der Waals surface area contributed by atoms with Crippen LogP contribution in [0.2, 0.25) is 0 Å². The van der Waals surface area contributed by atoms with Crippen LogP contribution in [0, 0.1) is 11.8 Å².